The molecule has 2 fully saturated rings. The lowest BCUT2D eigenvalue weighted by Crippen LogP contribution is -2.47. The van der Waals surface area contributed by atoms with E-state index in [-0.39, 0.29) is 29.4 Å². The minimum atomic E-state index is -4.51. The molecule has 6 nitrogen and oxygen atoms in total. The van der Waals surface area contributed by atoms with E-state index in [0.29, 0.717) is 32.2 Å². The number of nitrogens with zero attached hydrogens (tertiary/aromatic N) is 3. The average molecular weight is 411 g/mol. The SMILES string of the molecule is CC(=O)N1CCC(N2CC3Oc4ccc(C(F)(F)F)cc4C(=O)N(C)C3C2)CC1. The number of likely N-dealkylation sites (tertiary alicyclic amines) is 2. The Morgan fingerprint density at radius 1 is 1.17 bits per heavy atom. The maximum atomic E-state index is 13.1. The lowest BCUT2D eigenvalue weighted by molar-refractivity contribution is -0.137. The molecular weight excluding hydrogens is 387 g/mol. The van der Waals surface area contributed by atoms with Crippen LogP contribution in [0.3, 0.4) is 0 Å². The molecule has 2 atom stereocenters. The Hall–Kier alpha value is -2.29. The number of likely N-dealkylation sites (N-methyl/N-ethyl adjacent to an activating group) is 1. The standard InChI is InChI=1S/C20H24F3N3O3/c1-12(27)25-7-5-14(6-8-25)26-10-16-18(11-26)29-17-4-3-13(20(21,22)23)9-15(17)19(28)24(16)2/h3-4,9,14,16,18H,5-8,10-11H2,1-2H3. The van der Waals surface area contributed by atoms with Crippen molar-refractivity contribution in [1.82, 2.24) is 14.7 Å². The molecule has 3 heterocycles. The van der Waals surface area contributed by atoms with Crippen molar-refractivity contribution in [3.63, 3.8) is 0 Å². The second kappa shape index (κ2) is 7.19. The smallest absolute Gasteiger partial charge is 0.416 e. The summed E-state index contributed by atoms with van der Waals surface area (Å²) in [6, 6.07) is 3.16. The Kier molecular flexibility index (Phi) is 4.96. The van der Waals surface area contributed by atoms with Gasteiger partial charge < -0.3 is 14.5 Å². The number of carbonyl (C=O) groups is 2. The number of rotatable bonds is 1. The lowest BCUT2D eigenvalue weighted by atomic mass is 10.0. The Morgan fingerprint density at radius 2 is 1.86 bits per heavy atom. The van der Waals surface area contributed by atoms with E-state index in [0.717, 1.165) is 25.0 Å². The van der Waals surface area contributed by atoms with Crippen molar-refractivity contribution in [1.29, 1.82) is 0 Å². The summed E-state index contributed by atoms with van der Waals surface area (Å²) < 4.78 is 45.2. The predicted octanol–water partition coefficient (Wildman–Crippen LogP) is 2.23. The summed E-state index contributed by atoms with van der Waals surface area (Å²) in [6.45, 7) is 4.21. The Balaban J connectivity index is 1.52. The number of piperidine rings is 1. The zero-order valence-electron chi connectivity index (χ0n) is 16.4. The van der Waals surface area contributed by atoms with Crippen LogP contribution >= 0.6 is 0 Å². The molecule has 29 heavy (non-hydrogen) atoms. The molecule has 1 aromatic carbocycles. The Labute approximate surface area is 167 Å². The second-order valence-electron chi connectivity index (χ2n) is 8.04. The summed E-state index contributed by atoms with van der Waals surface area (Å²) in [5.41, 5.74) is -0.898. The van der Waals surface area contributed by atoms with Crippen LogP contribution in [0.15, 0.2) is 18.2 Å². The van der Waals surface area contributed by atoms with Gasteiger partial charge in [0.25, 0.3) is 5.91 Å². The molecule has 2 unspecified atom stereocenters. The summed E-state index contributed by atoms with van der Waals surface area (Å²) in [6.07, 6.45) is -3.08. The van der Waals surface area contributed by atoms with Crippen LogP contribution in [0, 0.1) is 0 Å². The summed E-state index contributed by atoms with van der Waals surface area (Å²) in [5, 5.41) is 0. The van der Waals surface area contributed by atoms with E-state index in [1.807, 2.05) is 4.90 Å². The third kappa shape index (κ3) is 3.68. The molecule has 9 heteroatoms. The van der Waals surface area contributed by atoms with Gasteiger partial charge in [0.15, 0.2) is 0 Å². The van der Waals surface area contributed by atoms with E-state index in [9.17, 15) is 22.8 Å². The van der Waals surface area contributed by atoms with E-state index < -0.39 is 17.6 Å². The Bertz CT molecular complexity index is 821. The van der Waals surface area contributed by atoms with Crippen molar-refractivity contribution < 1.29 is 27.5 Å². The highest BCUT2D eigenvalue weighted by Gasteiger charge is 2.45. The van der Waals surface area contributed by atoms with Crippen LogP contribution in [0.2, 0.25) is 0 Å². The van der Waals surface area contributed by atoms with Gasteiger partial charge in [0.2, 0.25) is 5.91 Å². The highest BCUT2D eigenvalue weighted by Crippen LogP contribution is 2.37. The van der Waals surface area contributed by atoms with Gasteiger partial charge in [-0.15, -0.1) is 0 Å². The number of fused-ring (bicyclic) bond motifs is 2. The van der Waals surface area contributed by atoms with Crippen LogP contribution in [0.1, 0.15) is 35.7 Å². The minimum absolute atomic E-state index is 0.0435. The largest absolute Gasteiger partial charge is 0.486 e. The number of benzene rings is 1. The van der Waals surface area contributed by atoms with E-state index in [1.165, 1.54) is 11.0 Å². The van der Waals surface area contributed by atoms with Crippen LogP contribution in [0.4, 0.5) is 13.2 Å². The van der Waals surface area contributed by atoms with Gasteiger partial charge in [-0.25, -0.2) is 0 Å². The van der Waals surface area contributed by atoms with Crippen LogP contribution < -0.4 is 4.74 Å². The monoisotopic (exact) mass is 411 g/mol. The van der Waals surface area contributed by atoms with Gasteiger partial charge in [0.1, 0.15) is 11.9 Å². The average Bonchev–Trinajstić information content (AvgIpc) is 3.06. The summed E-state index contributed by atoms with van der Waals surface area (Å²) in [7, 11) is 1.63. The molecule has 158 valence electrons. The van der Waals surface area contributed by atoms with Crippen molar-refractivity contribution in [2.75, 3.05) is 33.2 Å². The van der Waals surface area contributed by atoms with E-state index in [4.69, 9.17) is 4.74 Å². The number of hydrogen-bond acceptors (Lipinski definition) is 4. The van der Waals surface area contributed by atoms with Gasteiger partial charge in [-0.1, -0.05) is 0 Å². The van der Waals surface area contributed by atoms with Gasteiger partial charge in [-0.3, -0.25) is 14.5 Å². The highest BCUT2D eigenvalue weighted by molar-refractivity contribution is 5.97. The van der Waals surface area contributed by atoms with Crippen molar-refractivity contribution >= 4 is 11.8 Å². The van der Waals surface area contributed by atoms with Crippen LogP contribution in [-0.2, 0) is 11.0 Å². The van der Waals surface area contributed by atoms with E-state index in [1.54, 1.807) is 14.0 Å². The van der Waals surface area contributed by atoms with Crippen LogP contribution in [0.25, 0.3) is 0 Å². The van der Waals surface area contributed by atoms with Crippen LogP contribution in [0.5, 0.6) is 5.75 Å². The number of carbonyl (C=O) groups excluding carboxylic acids is 2. The first-order valence-corrected chi connectivity index (χ1v) is 9.80. The maximum absolute atomic E-state index is 13.1. The quantitative estimate of drug-likeness (QED) is 0.711. The molecule has 0 bridgehead atoms. The molecule has 0 aliphatic carbocycles. The first-order chi connectivity index (χ1) is 13.6. The van der Waals surface area contributed by atoms with Crippen LogP contribution in [-0.4, -0.2) is 77.9 Å². The summed E-state index contributed by atoms with van der Waals surface area (Å²) >= 11 is 0. The molecule has 0 spiro atoms. The number of ether oxygens (including phenoxy) is 1. The first kappa shape index (κ1) is 20.0. The van der Waals surface area contributed by atoms with Gasteiger partial charge in [-0.05, 0) is 31.0 Å². The highest BCUT2D eigenvalue weighted by atomic mass is 19.4. The molecule has 0 radical (unpaired) electrons. The molecule has 1 aromatic rings. The fourth-order valence-corrected chi connectivity index (χ4v) is 4.60. The second-order valence-corrected chi connectivity index (χ2v) is 8.04. The summed E-state index contributed by atoms with van der Waals surface area (Å²) in [5.74, 6) is -0.166. The number of alkyl halides is 3. The van der Waals surface area contributed by atoms with E-state index in [2.05, 4.69) is 4.90 Å². The first-order valence-electron chi connectivity index (χ1n) is 9.80. The molecule has 0 aromatic heterocycles. The van der Waals surface area contributed by atoms with Gasteiger partial charge in [-0.2, -0.15) is 13.2 Å². The maximum Gasteiger partial charge on any atom is 0.416 e. The number of halogens is 3. The predicted molar refractivity (Wildman–Crippen MR) is 98.6 cm³/mol. The van der Waals surface area contributed by atoms with Gasteiger partial charge in [0, 0.05) is 46.2 Å². The van der Waals surface area contributed by atoms with Crippen molar-refractivity contribution in [3.05, 3.63) is 29.3 Å². The lowest BCUT2D eigenvalue weighted by Gasteiger charge is -2.36. The fraction of sp³-hybridized carbons (Fsp3) is 0.600. The normalized spacial score (nSPS) is 26.0. The topological polar surface area (TPSA) is 53.1 Å². The summed E-state index contributed by atoms with van der Waals surface area (Å²) in [4.78, 5) is 30.0. The van der Waals surface area contributed by atoms with Crippen molar-refractivity contribution in [3.8, 4) is 5.75 Å². The van der Waals surface area contributed by atoms with Crippen molar-refractivity contribution in [2.45, 2.75) is 44.1 Å². The molecule has 3 aliphatic rings. The minimum Gasteiger partial charge on any atom is -0.486 e. The fourth-order valence-electron chi connectivity index (χ4n) is 4.60. The molecule has 4 rings (SSSR count). The zero-order chi connectivity index (χ0) is 20.9. The molecule has 0 N–H and O–H groups in total. The molecule has 2 saturated heterocycles. The third-order valence-corrected chi connectivity index (χ3v) is 6.32. The zero-order valence-corrected chi connectivity index (χ0v) is 16.4. The number of amides is 2. The third-order valence-electron chi connectivity index (χ3n) is 6.32. The molecular formula is C20H24F3N3O3. The Morgan fingerprint density at radius 3 is 2.48 bits per heavy atom. The van der Waals surface area contributed by atoms with Gasteiger partial charge >= 0.3 is 6.18 Å². The molecule has 2 amide bonds. The number of hydrogen-bond donors (Lipinski definition) is 0. The molecule has 0 saturated carbocycles. The van der Waals surface area contributed by atoms with Crippen molar-refractivity contribution in [2.24, 2.45) is 0 Å². The van der Waals surface area contributed by atoms with E-state index >= 15 is 0 Å². The van der Waals surface area contributed by atoms with Gasteiger partial charge in [0.05, 0.1) is 17.2 Å². The molecule has 3 aliphatic heterocycles.